The van der Waals surface area contributed by atoms with Crippen LogP contribution in [0.25, 0.3) is 0 Å². The summed E-state index contributed by atoms with van der Waals surface area (Å²) >= 11 is 12.6. The first kappa shape index (κ1) is 9.56. The van der Waals surface area contributed by atoms with Crippen LogP contribution in [0.2, 0.25) is 0 Å². The van der Waals surface area contributed by atoms with Crippen LogP contribution in [0.3, 0.4) is 0 Å². The Morgan fingerprint density at radius 2 is 1.64 bits per heavy atom. The van der Waals surface area contributed by atoms with Gasteiger partial charge in [0.1, 0.15) is 4.29 Å². The average Bonchev–Trinajstić information content (AvgIpc) is 2.05. The van der Waals surface area contributed by atoms with Crippen LogP contribution in [0.15, 0.2) is 30.3 Å². The smallest absolute Gasteiger partial charge is 0.105 e. The zero-order valence-corrected chi connectivity index (χ0v) is 9.60. The van der Waals surface area contributed by atoms with E-state index in [4.69, 9.17) is 11.6 Å². The molecule has 11 heavy (non-hydrogen) atoms. The SMILES string of the molecule is ClC(Br)C(Br)c1ccccc1. The fraction of sp³-hybridized carbons (Fsp3) is 0.250. The zero-order valence-electron chi connectivity index (χ0n) is 5.68. The highest BCUT2D eigenvalue weighted by atomic mass is 79.9. The van der Waals surface area contributed by atoms with Gasteiger partial charge in [-0.2, -0.15) is 0 Å². The van der Waals surface area contributed by atoms with Crippen molar-refractivity contribution < 1.29 is 0 Å². The molecule has 0 nitrogen and oxygen atoms in total. The highest BCUT2D eigenvalue weighted by molar-refractivity contribution is 9.12. The summed E-state index contributed by atoms with van der Waals surface area (Å²) in [5.74, 6) is 0. The lowest BCUT2D eigenvalue weighted by atomic mass is 10.2. The number of rotatable bonds is 2. The zero-order chi connectivity index (χ0) is 8.27. The second-order valence-corrected chi connectivity index (χ2v) is 5.12. The van der Waals surface area contributed by atoms with Gasteiger partial charge in [0.15, 0.2) is 0 Å². The number of hydrogen-bond acceptors (Lipinski definition) is 0. The highest BCUT2D eigenvalue weighted by Gasteiger charge is 2.13. The van der Waals surface area contributed by atoms with Gasteiger partial charge in [-0.15, -0.1) is 11.6 Å². The third-order valence-electron chi connectivity index (χ3n) is 1.34. The minimum absolute atomic E-state index is 0.0649. The molecule has 60 valence electrons. The molecule has 1 aromatic rings. The van der Waals surface area contributed by atoms with E-state index < -0.39 is 0 Å². The maximum Gasteiger partial charge on any atom is 0.105 e. The summed E-state index contributed by atoms with van der Waals surface area (Å²) in [5, 5.41) is 0. The van der Waals surface area contributed by atoms with E-state index in [1.54, 1.807) is 0 Å². The monoisotopic (exact) mass is 296 g/mol. The summed E-state index contributed by atoms with van der Waals surface area (Å²) in [6.07, 6.45) is 0. The molecule has 1 aromatic carbocycles. The van der Waals surface area contributed by atoms with E-state index in [0.717, 1.165) is 0 Å². The highest BCUT2D eigenvalue weighted by Crippen LogP contribution is 2.32. The molecule has 0 N–H and O–H groups in total. The third-order valence-corrected chi connectivity index (χ3v) is 4.19. The molecule has 0 saturated carbocycles. The second kappa shape index (κ2) is 4.48. The molecular weight excluding hydrogens is 291 g/mol. The molecule has 3 heteroatoms. The first-order valence-electron chi connectivity index (χ1n) is 3.19. The first-order chi connectivity index (χ1) is 5.22. The Labute approximate surface area is 88.2 Å². The topological polar surface area (TPSA) is 0 Å². The molecule has 0 bridgehead atoms. The van der Waals surface area contributed by atoms with E-state index in [1.165, 1.54) is 5.56 Å². The van der Waals surface area contributed by atoms with Gasteiger partial charge in [0, 0.05) is 0 Å². The van der Waals surface area contributed by atoms with Gasteiger partial charge >= 0.3 is 0 Å². The minimum Gasteiger partial charge on any atom is -0.109 e. The summed E-state index contributed by atoms with van der Waals surface area (Å²) in [5.41, 5.74) is 1.18. The van der Waals surface area contributed by atoms with Gasteiger partial charge in [-0.1, -0.05) is 62.2 Å². The van der Waals surface area contributed by atoms with Gasteiger partial charge in [0.2, 0.25) is 0 Å². The number of halogens is 3. The molecule has 1 rings (SSSR count). The average molecular weight is 298 g/mol. The largest absolute Gasteiger partial charge is 0.109 e. The van der Waals surface area contributed by atoms with Crippen LogP contribution >= 0.6 is 43.5 Å². The van der Waals surface area contributed by atoms with Gasteiger partial charge in [0.05, 0.1) is 4.83 Å². The molecule has 0 radical (unpaired) electrons. The number of alkyl halides is 3. The Bertz CT molecular complexity index is 211. The summed E-state index contributed by atoms with van der Waals surface area (Å²) in [6.45, 7) is 0. The molecule has 0 aliphatic carbocycles. The van der Waals surface area contributed by atoms with Crippen molar-refractivity contribution in [2.75, 3.05) is 0 Å². The van der Waals surface area contributed by atoms with Crippen LogP contribution < -0.4 is 0 Å². The van der Waals surface area contributed by atoms with Crippen molar-refractivity contribution in [3.63, 3.8) is 0 Å². The minimum atomic E-state index is -0.0649. The Morgan fingerprint density at radius 3 is 2.09 bits per heavy atom. The van der Waals surface area contributed by atoms with Crippen molar-refractivity contribution >= 4 is 43.5 Å². The van der Waals surface area contributed by atoms with Crippen LogP contribution in [0.4, 0.5) is 0 Å². The van der Waals surface area contributed by atoms with Gasteiger partial charge in [-0.3, -0.25) is 0 Å². The Morgan fingerprint density at radius 1 is 1.09 bits per heavy atom. The third kappa shape index (κ3) is 2.77. The lowest BCUT2D eigenvalue weighted by molar-refractivity contribution is 1.10. The lowest BCUT2D eigenvalue weighted by Crippen LogP contribution is -1.97. The van der Waals surface area contributed by atoms with E-state index in [2.05, 4.69) is 31.9 Å². The Hall–Kier alpha value is 0.470. The van der Waals surface area contributed by atoms with E-state index in [1.807, 2.05) is 30.3 Å². The standard InChI is InChI=1S/C8H7Br2Cl/c9-7(8(10)11)6-4-2-1-3-5-6/h1-5,7-8H. The Balaban J connectivity index is 2.77. The molecule has 0 spiro atoms. The summed E-state index contributed by atoms with van der Waals surface area (Å²) in [6, 6.07) is 10.1. The van der Waals surface area contributed by atoms with E-state index in [0.29, 0.717) is 0 Å². The summed E-state index contributed by atoms with van der Waals surface area (Å²) in [4.78, 5) is 0.172. The number of benzene rings is 1. The van der Waals surface area contributed by atoms with Crippen LogP contribution in [0.1, 0.15) is 10.4 Å². The van der Waals surface area contributed by atoms with E-state index in [-0.39, 0.29) is 9.11 Å². The van der Waals surface area contributed by atoms with Crippen molar-refractivity contribution in [1.82, 2.24) is 0 Å². The predicted molar refractivity (Wildman–Crippen MR) is 56.7 cm³/mol. The van der Waals surface area contributed by atoms with Crippen molar-refractivity contribution in [3.05, 3.63) is 35.9 Å². The quantitative estimate of drug-likeness (QED) is 0.722. The normalized spacial score (nSPS) is 15.9. The first-order valence-corrected chi connectivity index (χ1v) is 5.46. The molecule has 0 aliphatic heterocycles. The van der Waals surface area contributed by atoms with Gasteiger partial charge < -0.3 is 0 Å². The molecule has 0 amide bonds. The maximum absolute atomic E-state index is 5.83. The maximum atomic E-state index is 5.83. The van der Waals surface area contributed by atoms with E-state index in [9.17, 15) is 0 Å². The van der Waals surface area contributed by atoms with E-state index >= 15 is 0 Å². The molecule has 0 fully saturated rings. The number of hydrogen-bond donors (Lipinski definition) is 0. The molecule has 2 atom stereocenters. The fourth-order valence-electron chi connectivity index (χ4n) is 0.782. The summed E-state index contributed by atoms with van der Waals surface area (Å²) in [7, 11) is 0. The molecule has 2 unspecified atom stereocenters. The van der Waals surface area contributed by atoms with Gasteiger partial charge in [0.25, 0.3) is 0 Å². The van der Waals surface area contributed by atoms with Crippen LogP contribution in [0, 0.1) is 0 Å². The second-order valence-electron chi connectivity index (χ2n) is 2.15. The van der Waals surface area contributed by atoms with Crippen LogP contribution in [-0.2, 0) is 0 Å². The summed E-state index contributed by atoms with van der Waals surface area (Å²) < 4.78 is -0.0649. The van der Waals surface area contributed by atoms with Gasteiger partial charge in [-0.25, -0.2) is 0 Å². The van der Waals surface area contributed by atoms with Gasteiger partial charge in [-0.05, 0) is 5.56 Å². The van der Waals surface area contributed by atoms with Crippen molar-refractivity contribution in [2.24, 2.45) is 0 Å². The lowest BCUT2D eigenvalue weighted by Gasteiger charge is -2.09. The molecule has 0 aliphatic rings. The van der Waals surface area contributed by atoms with Crippen molar-refractivity contribution in [3.8, 4) is 0 Å². The van der Waals surface area contributed by atoms with Crippen LogP contribution in [-0.4, -0.2) is 4.29 Å². The Kier molecular flexibility index (Phi) is 3.90. The molecule has 0 aromatic heterocycles. The van der Waals surface area contributed by atoms with Crippen LogP contribution in [0.5, 0.6) is 0 Å². The fourth-order valence-corrected chi connectivity index (χ4v) is 1.54. The van der Waals surface area contributed by atoms with Crippen molar-refractivity contribution in [2.45, 2.75) is 9.11 Å². The molecule has 0 heterocycles. The molecule has 0 saturated heterocycles. The predicted octanol–water partition coefficient (Wildman–Crippen LogP) is 4.08. The van der Waals surface area contributed by atoms with Crippen molar-refractivity contribution in [1.29, 1.82) is 0 Å². The molecular formula is C8H7Br2Cl.